The number of morpholine rings is 1. The average Bonchev–Trinajstić information content (AvgIpc) is 3.10. The molecule has 0 aromatic heterocycles. The smallest absolute Gasteiger partial charge is 0.239 e. The average molecular weight is 269 g/mol. The van der Waals surface area contributed by atoms with Crippen molar-refractivity contribution in [1.82, 2.24) is 10.2 Å². The molecule has 2 unspecified atom stereocenters. The lowest BCUT2D eigenvalue weighted by atomic mass is 9.90. The van der Waals surface area contributed by atoms with E-state index in [0.717, 1.165) is 32.5 Å². The summed E-state index contributed by atoms with van der Waals surface area (Å²) in [5.41, 5.74) is 5.19. The van der Waals surface area contributed by atoms with E-state index in [1.165, 1.54) is 0 Å². The number of rotatable bonds is 6. The van der Waals surface area contributed by atoms with Gasteiger partial charge in [0, 0.05) is 25.7 Å². The van der Waals surface area contributed by atoms with Crippen LogP contribution in [0.25, 0.3) is 0 Å². The molecule has 2 aliphatic rings. The molecule has 110 valence electrons. The van der Waals surface area contributed by atoms with Gasteiger partial charge >= 0.3 is 0 Å². The van der Waals surface area contributed by atoms with Crippen LogP contribution in [0.5, 0.6) is 0 Å². The molecule has 0 radical (unpaired) electrons. The summed E-state index contributed by atoms with van der Waals surface area (Å²) in [6.45, 7) is 9.42. The Kier molecular flexibility index (Phi) is 4.48. The summed E-state index contributed by atoms with van der Waals surface area (Å²) in [5, 5.41) is 3.46. The molecule has 1 amide bonds. The summed E-state index contributed by atoms with van der Waals surface area (Å²) >= 11 is 0. The lowest BCUT2D eigenvalue weighted by Gasteiger charge is -2.41. The van der Waals surface area contributed by atoms with E-state index in [9.17, 15) is 4.79 Å². The number of primary amides is 1. The van der Waals surface area contributed by atoms with Gasteiger partial charge in [-0.05, 0) is 39.5 Å². The molecular weight excluding hydrogens is 242 g/mol. The van der Waals surface area contributed by atoms with Crippen LogP contribution in [0.3, 0.4) is 0 Å². The number of nitrogens with one attached hydrogen (secondary N) is 1. The lowest BCUT2D eigenvalue weighted by Crippen LogP contribution is -2.65. The summed E-state index contributed by atoms with van der Waals surface area (Å²) in [6, 6.07) is 0.256. The van der Waals surface area contributed by atoms with E-state index in [0.29, 0.717) is 12.5 Å². The first-order valence-corrected chi connectivity index (χ1v) is 7.35. The Morgan fingerprint density at radius 3 is 2.68 bits per heavy atom. The van der Waals surface area contributed by atoms with Crippen molar-refractivity contribution in [2.24, 2.45) is 11.7 Å². The zero-order valence-corrected chi connectivity index (χ0v) is 12.3. The largest absolute Gasteiger partial charge is 0.376 e. The SMILES string of the molecule is CC(C)NC(CN1CCOC(C)C1)(C(N)=O)C1CC1. The van der Waals surface area contributed by atoms with Gasteiger partial charge < -0.3 is 10.5 Å². The third-order valence-electron chi connectivity index (χ3n) is 4.06. The van der Waals surface area contributed by atoms with Gasteiger partial charge in [0.05, 0.1) is 12.7 Å². The first kappa shape index (κ1) is 14.8. The van der Waals surface area contributed by atoms with Gasteiger partial charge in [0.1, 0.15) is 5.54 Å². The van der Waals surface area contributed by atoms with Crippen LogP contribution in [0.2, 0.25) is 0 Å². The Labute approximate surface area is 115 Å². The number of amides is 1. The van der Waals surface area contributed by atoms with Crippen molar-refractivity contribution in [3.63, 3.8) is 0 Å². The number of hydrogen-bond donors (Lipinski definition) is 2. The standard InChI is InChI=1S/C14H27N3O2/c1-10(2)16-14(13(15)18,12-4-5-12)9-17-6-7-19-11(3)8-17/h10-12,16H,4-9H2,1-3H3,(H2,15,18). The Morgan fingerprint density at radius 1 is 1.53 bits per heavy atom. The Morgan fingerprint density at radius 2 is 2.21 bits per heavy atom. The van der Waals surface area contributed by atoms with E-state index in [2.05, 4.69) is 31.0 Å². The van der Waals surface area contributed by atoms with Crippen LogP contribution in [0, 0.1) is 5.92 Å². The molecule has 2 rings (SSSR count). The molecule has 3 N–H and O–H groups in total. The summed E-state index contributed by atoms with van der Waals surface area (Å²) in [5.74, 6) is 0.188. The number of carbonyl (C=O) groups is 1. The van der Waals surface area contributed by atoms with Crippen molar-refractivity contribution in [1.29, 1.82) is 0 Å². The first-order valence-electron chi connectivity index (χ1n) is 7.35. The van der Waals surface area contributed by atoms with Crippen molar-refractivity contribution in [3.05, 3.63) is 0 Å². The lowest BCUT2D eigenvalue weighted by molar-refractivity contribution is -0.127. The highest BCUT2D eigenvalue weighted by Gasteiger charge is 2.51. The number of hydrogen-bond acceptors (Lipinski definition) is 4. The van der Waals surface area contributed by atoms with Crippen molar-refractivity contribution in [2.75, 3.05) is 26.2 Å². The molecule has 19 heavy (non-hydrogen) atoms. The van der Waals surface area contributed by atoms with Crippen LogP contribution in [0.4, 0.5) is 0 Å². The second-order valence-electron chi connectivity index (χ2n) is 6.33. The van der Waals surface area contributed by atoms with Crippen molar-refractivity contribution in [2.45, 2.75) is 51.3 Å². The zero-order chi connectivity index (χ0) is 14.0. The highest BCUT2D eigenvalue weighted by molar-refractivity contribution is 5.86. The molecule has 5 heteroatoms. The minimum absolute atomic E-state index is 0.206. The van der Waals surface area contributed by atoms with Crippen molar-refractivity contribution in [3.8, 4) is 0 Å². The third kappa shape index (κ3) is 3.46. The van der Waals surface area contributed by atoms with Gasteiger partial charge in [0.25, 0.3) is 0 Å². The molecule has 0 spiro atoms. The van der Waals surface area contributed by atoms with E-state index in [1.807, 2.05) is 0 Å². The molecule has 5 nitrogen and oxygen atoms in total. The predicted octanol–water partition coefficient (Wildman–Crippen LogP) is 0.339. The van der Waals surface area contributed by atoms with Gasteiger partial charge in [-0.3, -0.25) is 15.0 Å². The molecular formula is C14H27N3O2. The monoisotopic (exact) mass is 269 g/mol. The quantitative estimate of drug-likeness (QED) is 0.729. The highest BCUT2D eigenvalue weighted by atomic mass is 16.5. The Hall–Kier alpha value is -0.650. The van der Waals surface area contributed by atoms with Gasteiger partial charge in [0.15, 0.2) is 0 Å². The fraction of sp³-hybridized carbons (Fsp3) is 0.929. The van der Waals surface area contributed by atoms with Crippen LogP contribution in [-0.4, -0.2) is 54.7 Å². The van der Waals surface area contributed by atoms with Crippen LogP contribution in [0.1, 0.15) is 33.6 Å². The van der Waals surface area contributed by atoms with Gasteiger partial charge in [0.2, 0.25) is 5.91 Å². The van der Waals surface area contributed by atoms with Gasteiger partial charge in [-0.25, -0.2) is 0 Å². The summed E-state index contributed by atoms with van der Waals surface area (Å²) in [6.07, 6.45) is 2.43. The van der Waals surface area contributed by atoms with E-state index in [4.69, 9.17) is 10.5 Å². The molecule has 0 bridgehead atoms. The number of carbonyl (C=O) groups excluding carboxylic acids is 1. The Balaban J connectivity index is 2.09. The maximum Gasteiger partial charge on any atom is 0.239 e. The zero-order valence-electron chi connectivity index (χ0n) is 12.3. The Bertz CT molecular complexity index is 331. The molecule has 0 aromatic rings. The maximum atomic E-state index is 12.1. The summed E-state index contributed by atoms with van der Waals surface area (Å²) in [4.78, 5) is 14.4. The van der Waals surface area contributed by atoms with E-state index < -0.39 is 5.54 Å². The molecule has 2 fully saturated rings. The van der Waals surface area contributed by atoms with Crippen LogP contribution < -0.4 is 11.1 Å². The minimum Gasteiger partial charge on any atom is -0.376 e. The number of nitrogens with zero attached hydrogens (tertiary/aromatic N) is 1. The third-order valence-corrected chi connectivity index (χ3v) is 4.06. The second kappa shape index (κ2) is 5.77. The van der Waals surface area contributed by atoms with Crippen LogP contribution in [-0.2, 0) is 9.53 Å². The molecule has 1 aliphatic heterocycles. The highest BCUT2D eigenvalue weighted by Crippen LogP contribution is 2.40. The van der Waals surface area contributed by atoms with E-state index >= 15 is 0 Å². The molecule has 1 heterocycles. The van der Waals surface area contributed by atoms with Crippen LogP contribution >= 0.6 is 0 Å². The normalized spacial score (nSPS) is 28.3. The molecule has 2 atom stereocenters. The summed E-state index contributed by atoms with van der Waals surface area (Å²) in [7, 11) is 0. The predicted molar refractivity (Wildman–Crippen MR) is 74.8 cm³/mol. The fourth-order valence-corrected chi connectivity index (χ4v) is 3.12. The maximum absolute atomic E-state index is 12.1. The first-order chi connectivity index (χ1) is 8.94. The van der Waals surface area contributed by atoms with Gasteiger partial charge in [-0.1, -0.05) is 0 Å². The van der Waals surface area contributed by atoms with Gasteiger partial charge in [-0.2, -0.15) is 0 Å². The topological polar surface area (TPSA) is 67.6 Å². The second-order valence-corrected chi connectivity index (χ2v) is 6.33. The fourth-order valence-electron chi connectivity index (χ4n) is 3.12. The van der Waals surface area contributed by atoms with Crippen LogP contribution in [0.15, 0.2) is 0 Å². The molecule has 0 aromatic carbocycles. The minimum atomic E-state index is -0.564. The van der Waals surface area contributed by atoms with Crippen molar-refractivity contribution >= 4 is 5.91 Å². The summed E-state index contributed by atoms with van der Waals surface area (Å²) < 4.78 is 5.56. The molecule has 1 saturated heterocycles. The molecule has 1 saturated carbocycles. The van der Waals surface area contributed by atoms with Gasteiger partial charge in [-0.15, -0.1) is 0 Å². The van der Waals surface area contributed by atoms with Crippen molar-refractivity contribution < 1.29 is 9.53 Å². The van der Waals surface area contributed by atoms with E-state index in [1.54, 1.807) is 0 Å². The van der Waals surface area contributed by atoms with E-state index in [-0.39, 0.29) is 18.1 Å². The number of nitrogens with two attached hydrogens (primary N) is 1. The molecule has 1 aliphatic carbocycles. The number of ether oxygens (including phenoxy) is 1.